The fourth-order valence-electron chi connectivity index (χ4n) is 2.71. The number of fused-ring (bicyclic) bond motifs is 2. The van der Waals surface area contributed by atoms with E-state index in [0.717, 1.165) is 22.0 Å². The summed E-state index contributed by atoms with van der Waals surface area (Å²) in [5.74, 6) is 0.791. The predicted octanol–water partition coefficient (Wildman–Crippen LogP) is 3.57. The third-order valence-electron chi connectivity index (χ3n) is 4.07. The second-order valence-electron chi connectivity index (χ2n) is 5.58. The molecule has 0 aliphatic rings. The lowest BCUT2D eigenvalue weighted by Gasteiger charge is -2.00. The van der Waals surface area contributed by atoms with Gasteiger partial charge in [-0.2, -0.15) is 0 Å². The Kier molecular flexibility index (Phi) is 3.35. The second kappa shape index (κ2) is 5.42. The standard InChI is InChI=1S/C18H15N3O2S/c1-2-24(22,23)14-6-8-16-17(11-14)21-18(20-16)13-5-7-15-12(10-13)4-3-9-19-15/h3-11H,2H2,1H3,(H,20,21). The van der Waals surface area contributed by atoms with E-state index in [1.165, 1.54) is 0 Å². The molecule has 0 fully saturated rings. The van der Waals surface area contributed by atoms with E-state index in [2.05, 4.69) is 15.0 Å². The zero-order chi connectivity index (χ0) is 16.7. The number of hydrogen-bond donors (Lipinski definition) is 1. The fraction of sp³-hybridized carbons (Fsp3) is 0.111. The summed E-state index contributed by atoms with van der Waals surface area (Å²) >= 11 is 0. The third kappa shape index (κ3) is 2.45. The van der Waals surface area contributed by atoms with Crippen molar-refractivity contribution in [3.63, 3.8) is 0 Å². The maximum atomic E-state index is 12.0. The summed E-state index contributed by atoms with van der Waals surface area (Å²) in [4.78, 5) is 12.4. The van der Waals surface area contributed by atoms with Gasteiger partial charge in [0.15, 0.2) is 9.84 Å². The molecule has 24 heavy (non-hydrogen) atoms. The number of sulfone groups is 1. The summed E-state index contributed by atoms with van der Waals surface area (Å²) in [7, 11) is -3.23. The van der Waals surface area contributed by atoms with E-state index < -0.39 is 9.84 Å². The van der Waals surface area contributed by atoms with Crippen LogP contribution in [0.5, 0.6) is 0 Å². The highest BCUT2D eigenvalue weighted by atomic mass is 32.2. The van der Waals surface area contributed by atoms with Crippen LogP contribution in [-0.4, -0.2) is 29.1 Å². The van der Waals surface area contributed by atoms with Crippen LogP contribution >= 0.6 is 0 Å². The van der Waals surface area contributed by atoms with Gasteiger partial charge < -0.3 is 4.98 Å². The third-order valence-corrected chi connectivity index (χ3v) is 5.80. The van der Waals surface area contributed by atoms with Crippen molar-refractivity contribution in [2.75, 3.05) is 5.75 Å². The number of nitrogens with one attached hydrogen (secondary N) is 1. The van der Waals surface area contributed by atoms with Crippen molar-refractivity contribution in [1.82, 2.24) is 15.0 Å². The molecule has 0 aliphatic carbocycles. The van der Waals surface area contributed by atoms with Crippen LogP contribution in [0.4, 0.5) is 0 Å². The second-order valence-corrected chi connectivity index (χ2v) is 7.86. The molecule has 0 saturated heterocycles. The number of aromatic nitrogens is 3. The molecule has 0 bridgehead atoms. The summed E-state index contributed by atoms with van der Waals surface area (Å²) < 4.78 is 24.1. The number of benzene rings is 2. The van der Waals surface area contributed by atoms with Crippen LogP contribution in [0.25, 0.3) is 33.3 Å². The van der Waals surface area contributed by atoms with Gasteiger partial charge >= 0.3 is 0 Å². The van der Waals surface area contributed by atoms with E-state index in [-0.39, 0.29) is 5.75 Å². The van der Waals surface area contributed by atoms with E-state index >= 15 is 0 Å². The van der Waals surface area contributed by atoms with Crippen LogP contribution in [0.3, 0.4) is 0 Å². The molecule has 0 saturated carbocycles. The Labute approximate surface area is 139 Å². The van der Waals surface area contributed by atoms with Crippen LogP contribution in [0.2, 0.25) is 0 Å². The quantitative estimate of drug-likeness (QED) is 0.620. The molecule has 0 spiro atoms. The largest absolute Gasteiger partial charge is 0.338 e. The molecular weight excluding hydrogens is 322 g/mol. The number of H-pyrrole nitrogens is 1. The maximum Gasteiger partial charge on any atom is 0.178 e. The monoisotopic (exact) mass is 337 g/mol. The Bertz CT molecular complexity index is 1160. The molecule has 4 aromatic rings. The Morgan fingerprint density at radius 2 is 1.88 bits per heavy atom. The summed E-state index contributed by atoms with van der Waals surface area (Å²) in [5, 5.41) is 1.03. The van der Waals surface area contributed by atoms with E-state index in [0.29, 0.717) is 16.2 Å². The van der Waals surface area contributed by atoms with E-state index in [1.54, 1.807) is 31.3 Å². The lowest BCUT2D eigenvalue weighted by atomic mass is 10.1. The molecule has 2 heterocycles. The first kappa shape index (κ1) is 14.8. The lowest BCUT2D eigenvalue weighted by Crippen LogP contribution is -2.03. The summed E-state index contributed by atoms with van der Waals surface area (Å²) in [5.41, 5.74) is 3.32. The molecule has 0 radical (unpaired) electrons. The molecule has 2 aromatic heterocycles. The molecule has 4 rings (SSSR count). The highest BCUT2D eigenvalue weighted by Crippen LogP contribution is 2.25. The van der Waals surface area contributed by atoms with Crippen molar-refractivity contribution in [2.24, 2.45) is 0 Å². The zero-order valence-electron chi connectivity index (χ0n) is 13.0. The van der Waals surface area contributed by atoms with Gasteiger partial charge in [-0.25, -0.2) is 13.4 Å². The minimum Gasteiger partial charge on any atom is -0.338 e. The number of rotatable bonds is 3. The van der Waals surface area contributed by atoms with Gasteiger partial charge in [0.1, 0.15) is 5.82 Å². The number of aromatic amines is 1. The topological polar surface area (TPSA) is 75.7 Å². The van der Waals surface area contributed by atoms with Crippen LogP contribution in [0.15, 0.2) is 59.6 Å². The van der Waals surface area contributed by atoms with Gasteiger partial charge in [0.25, 0.3) is 0 Å². The van der Waals surface area contributed by atoms with Crippen molar-refractivity contribution in [3.8, 4) is 11.4 Å². The highest BCUT2D eigenvalue weighted by Gasteiger charge is 2.14. The van der Waals surface area contributed by atoms with Crippen molar-refractivity contribution in [2.45, 2.75) is 11.8 Å². The summed E-state index contributed by atoms with van der Waals surface area (Å²) in [6, 6.07) is 14.8. The molecule has 1 N–H and O–H groups in total. The molecule has 0 aliphatic heterocycles. The molecule has 2 aromatic carbocycles. The van der Waals surface area contributed by atoms with Crippen molar-refractivity contribution >= 4 is 31.8 Å². The van der Waals surface area contributed by atoms with Gasteiger partial charge in [0.2, 0.25) is 0 Å². The van der Waals surface area contributed by atoms with Gasteiger partial charge in [-0.1, -0.05) is 13.0 Å². The van der Waals surface area contributed by atoms with Crippen molar-refractivity contribution in [1.29, 1.82) is 0 Å². The normalized spacial score (nSPS) is 12.0. The van der Waals surface area contributed by atoms with Crippen LogP contribution in [0.1, 0.15) is 6.92 Å². The Morgan fingerprint density at radius 3 is 2.71 bits per heavy atom. The smallest absolute Gasteiger partial charge is 0.178 e. The maximum absolute atomic E-state index is 12.0. The molecule has 6 heteroatoms. The molecule has 5 nitrogen and oxygen atoms in total. The van der Waals surface area contributed by atoms with Gasteiger partial charge in [0, 0.05) is 17.1 Å². The Balaban J connectivity index is 1.84. The molecule has 0 unspecified atom stereocenters. The zero-order valence-corrected chi connectivity index (χ0v) is 13.8. The van der Waals surface area contributed by atoms with E-state index in [9.17, 15) is 8.42 Å². The van der Waals surface area contributed by atoms with Crippen LogP contribution < -0.4 is 0 Å². The minimum absolute atomic E-state index is 0.0805. The SMILES string of the molecule is CCS(=O)(=O)c1ccc2nc(-c3ccc4ncccc4c3)[nH]c2c1. The average Bonchev–Trinajstić information content (AvgIpc) is 3.04. The first-order valence-corrected chi connectivity index (χ1v) is 9.30. The number of hydrogen-bond acceptors (Lipinski definition) is 4. The Hall–Kier alpha value is -2.73. The summed E-state index contributed by atoms with van der Waals surface area (Å²) in [6.45, 7) is 1.64. The minimum atomic E-state index is -3.23. The first-order valence-electron chi connectivity index (χ1n) is 7.64. The van der Waals surface area contributed by atoms with E-state index in [4.69, 9.17) is 0 Å². The molecule has 0 amide bonds. The highest BCUT2D eigenvalue weighted by molar-refractivity contribution is 7.91. The fourth-order valence-corrected chi connectivity index (χ4v) is 3.61. The average molecular weight is 337 g/mol. The van der Waals surface area contributed by atoms with Gasteiger partial charge in [0.05, 0.1) is 27.2 Å². The molecule has 120 valence electrons. The predicted molar refractivity (Wildman–Crippen MR) is 94.6 cm³/mol. The van der Waals surface area contributed by atoms with Crippen LogP contribution in [-0.2, 0) is 9.84 Å². The van der Waals surface area contributed by atoms with Gasteiger partial charge in [-0.15, -0.1) is 0 Å². The summed E-state index contributed by atoms with van der Waals surface area (Å²) in [6.07, 6.45) is 1.76. The van der Waals surface area contributed by atoms with Crippen molar-refractivity contribution in [3.05, 3.63) is 54.7 Å². The molecule has 0 atom stereocenters. The van der Waals surface area contributed by atoms with Crippen LogP contribution in [0, 0.1) is 0 Å². The van der Waals surface area contributed by atoms with Gasteiger partial charge in [-0.3, -0.25) is 4.98 Å². The number of nitrogens with zero attached hydrogens (tertiary/aromatic N) is 2. The number of pyridine rings is 1. The van der Waals surface area contributed by atoms with E-state index in [1.807, 2.05) is 30.3 Å². The van der Waals surface area contributed by atoms with Crippen molar-refractivity contribution < 1.29 is 8.42 Å². The lowest BCUT2D eigenvalue weighted by molar-refractivity contribution is 0.597. The molecular formula is C18H15N3O2S. The first-order chi connectivity index (χ1) is 11.6. The Morgan fingerprint density at radius 1 is 1.04 bits per heavy atom. The van der Waals surface area contributed by atoms with Gasteiger partial charge in [-0.05, 0) is 42.5 Å². The number of imidazole rings is 1.